The molecular formula is C36H16GdN8O8+. The van der Waals surface area contributed by atoms with Gasteiger partial charge in [0.05, 0.1) is 45.6 Å². The zero-order valence-electron chi connectivity index (χ0n) is 26.3. The van der Waals surface area contributed by atoms with Gasteiger partial charge in [0.15, 0.2) is 0 Å². The van der Waals surface area contributed by atoms with E-state index < -0.39 is 23.9 Å². The van der Waals surface area contributed by atoms with Gasteiger partial charge < -0.3 is 50.3 Å². The molecular weight excluding hydrogens is 830 g/mol. The summed E-state index contributed by atoms with van der Waals surface area (Å²) in [7, 11) is 0. The van der Waals surface area contributed by atoms with Crippen LogP contribution in [0.2, 0.25) is 0 Å². The van der Waals surface area contributed by atoms with Crippen molar-refractivity contribution in [2.75, 3.05) is 0 Å². The van der Waals surface area contributed by atoms with E-state index in [4.69, 9.17) is 19.9 Å². The van der Waals surface area contributed by atoms with Crippen LogP contribution < -0.4 is 9.97 Å². The molecule has 2 aliphatic heterocycles. The topological polar surface area (TPSA) is 255 Å². The van der Waals surface area contributed by atoms with E-state index in [1.165, 1.54) is 72.8 Å². The molecule has 7 aromatic rings. The van der Waals surface area contributed by atoms with E-state index in [9.17, 15) is 39.6 Å². The van der Waals surface area contributed by atoms with Crippen LogP contribution >= 0.6 is 0 Å². The third-order valence-corrected chi connectivity index (χ3v) is 8.69. The molecule has 0 spiro atoms. The number of fused-ring (bicyclic) bond motifs is 20. The van der Waals surface area contributed by atoms with Crippen molar-refractivity contribution in [2.24, 2.45) is 0 Å². The van der Waals surface area contributed by atoms with Crippen LogP contribution in [0.4, 0.5) is 0 Å². The van der Waals surface area contributed by atoms with E-state index in [1.54, 1.807) is 0 Å². The largest absolute Gasteiger partial charge is 3.00 e. The Morgan fingerprint density at radius 3 is 1.04 bits per heavy atom. The number of nitrogens with zero attached hydrogens (tertiary/aromatic N) is 8. The number of carboxylic acids is 4. The molecule has 0 aliphatic carbocycles. The van der Waals surface area contributed by atoms with Crippen LogP contribution in [-0.4, -0.2) is 74.2 Å². The van der Waals surface area contributed by atoms with Crippen molar-refractivity contribution in [1.29, 1.82) is 0 Å². The first-order chi connectivity index (χ1) is 25.0. The van der Waals surface area contributed by atoms with Gasteiger partial charge in [-0.3, -0.25) is 0 Å². The van der Waals surface area contributed by atoms with Crippen LogP contribution in [0.5, 0.6) is 0 Å². The van der Waals surface area contributed by atoms with Crippen LogP contribution in [0, 0.1) is 39.9 Å². The molecule has 0 saturated carbocycles. The number of hydrogen-bond donors (Lipinski definition) is 4. The molecule has 0 atom stereocenters. The maximum atomic E-state index is 12.0. The molecule has 4 aromatic carbocycles. The summed E-state index contributed by atoms with van der Waals surface area (Å²) >= 11 is 0. The molecule has 0 amide bonds. The second kappa shape index (κ2) is 12.3. The fraction of sp³-hybridized carbons (Fsp3) is 0. The van der Waals surface area contributed by atoms with Crippen molar-refractivity contribution >= 4 is 68.0 Å². The molecule has 16 nitrogen and oxygen atoms in total. The zero-order valence-corrected chi connectivity index (χ0v) is 28.5. The Morgan fingerprint density at radius 2 is 0.679 bits per heavy atom. The van der Waals surface area contributed by atoms with E-state index in [0.29, 0.717) is 43.8 Å². The Kier molecular flexibility index (Phi) is 7.79. The van der Waals surface area contributed by atoms with Crippen molar-refractivity contribution < 1.29 is 79.5 Å². The monoisotopic (exact) mass is 846 g/mol. The van der Waals surface area contributed by atoms with E-state index in [1.807, 2.05) is 0 Å². The number of carboxylic acid groups (broad SMARTS) is 4. The third kappa shape index (κ3) is 5.45. The van der Waals surface area contributed by atoms with Crippen molar-refractivity contribution in [3.8, 4) is 45.6 Å². The molecule has 0 fully saturated rings. The predicted molar refractivity (Wildman–Crippen MR) is 182 cm³/mol. The van der Waals surface area contributed by atoms with Crippen LogP contribution in [-0.2, 0) is 0 Å². The first-order valence-electron chi connectivity index (χ1n) is 15.2. The number of hydrogen-bond acceptors (Lipinski definition) is 10. The minimum atomic E-state index is -1.19. The maximum absolute atomic E-state index is 12.0. The minimum Gasteiger partial charge on any atom is -0.478 e. The third-order valence-electron chi connectivity index (χ3n) is 8.69. The van der Waals surface area contributed by atoms with Gasteiger partial charge in [-0.15, -0.1) is 0 Å². The maximum Gasteiger partial charge on any atom is 3.00 e. The SMILES string of the molecule is O=C(O)c1ccc2c(c1)-c1nc-2nc2[n-]c(nc3nc(nc4[n-]c(n1)c1ccc(C(=O)O)cc41)-c1ccc(C(=O)O)cc1-3)c1ccc(C(=O)O)cc21.[Gd+3]. The summed E-state index contributed by atoms with van der Waals surface area (Å²) in [4.78, 5) is 85.3. The van der Waals surface area contributed by atoms with E-state index >= 15 is 0 Å². The molecule has 53 heavy (non-hydrogen) atoms. The van der Waals surface area contributed by atoms with E-state index in [-0.39, 0.29) is 108 Å². The van der Waals surface area contributed by atoms with Crippen molar-refractivity contribution in [2.45, 2.75) is 0 Å². The zero-order chi connectivity index (χ0) is 36.0. The van der Waals surface area contributed by atoms with Gasteiger partial charge in [0, 0.05) is 44.8 Å². The van der Waals surface area contributed by atoms with Gasteiger partial charge in [-0.2, -0.15) is 0 Å². The van der Waals surface area contributed by atoms with Crippen molar-refractivity contribution in [1.82, 2.24) is 39.9 Å². The van der Waals surface area contributed by atoms with Crippen LogP contribution in [0.3, 0.4) is 0 Å². The Hall–Kier alpha value is -6.56. The van der Waals surface area contributed by atoms with Gasteiger partial charge in [0.1, 0.15) is 0 Å². The molecule has 0 saturated heterocycles. The smallest absolute Gasteiger partial charge is 0.478 e. The first kappa shape index (κ1) is 33.6. The summed E-state index contributed by atoms with van der Waals surface area (Å²) in [5.41, 5.74) is 1.52. The van der Waals surface area contributed by atoms with Gasteiger partial charge in [0.25, 0.3) is 0 Å². The Labute approximate surface area is 326 Å². The second-order valence-corrected chi connectivity index (χ2v) is 11.7. The average molecular weight is 846 g/mol. The van der Waals surface area contributed by atoms with Gasteiger partial charge in [-0.25, -0.2) is 29.1 Å². The number of aromatic nitrogens is 8. The second-order valence-electron chi connectivity index (χ2n) is 11.7. The molecule has 4 N–H and O–H groups in total. The summed E-state index contributed by atoms with van der Waals surface area (Å²) in [6, 6.07) is 17.2. The molecule has 8 bridgehead atoms. The summed E-state index contributed by atoms with van der Waals surface area (Å²) in [5.74, 6) is -4.49. The summed E-state index contributed by atoms with van der Waals surface area (Å²) in [6.07, 6.45) is 0. The number of benzene rings is 4. The molecule has 3 aromatic heterocycles. The average Bonchev–Trinajstić information content (AvgIpc) is 3.85. The summed E-state index contributed by atoms with van der Waals surface area (Å²) < 4.78 is 0. The molecule has 17 heteroatoms. The fourth-order valence-corrected chi connectivity index (χ4v) is 6.20. The predicted octanol–water partition coefficient (Wildman–Crippen LogP) is 4.92. The van der Waals surface area contributed by atoms with Crippen molar-refractivity contribution in [3.05, 3.63) is 95.1 Å². The number of rotatable bonds is 4. The minimum absolute atomic E-state index is 0. The van der Waals surface area contributed by atoms with Gasteiger partial charge in [-0.05, 0) is 70.1 Å². The standard InChI is InChI=1S/C36H18N8O8.Gd/c45-33(46)13-1-5-17-21(9-13)29-37-25(17)41-30-22-10-14(34(47)48)2-6-18(22)27(38-30)43-32-24-12-16(36(51)52)4-8-20(24)28(40-32)44-31-23-11-15(35(49)50)3-7-19(23)26(39-31)42-29;/h1-12H,(H6,37,38,39,40,41,42,43,44,45,46,47,48,49,50,51,52);/q;+3/p-2. The Bertz CT molecular complexity index is 2810. The Morgan fingerprint density at radius 1 is 0.377 bits per heavy atom. The Balaban J connectivity index is 0.00000400. The molecule has 9 rings (SSSR count). The van der Waals surface area contributed by atoms with Crippen molar-refractivity contribution in [3.63, 3.8) is 0 Å². The van der Waals surface area contributed by atoms with Crippen LogP contribution in [0.15, 0.2) is 72.8 Å². The van der Waals surface area contributed by atoms with Crippen LogP contribution in [0.1, 0.15) is 41.4 Å². The fourth-order valence-electron chi connectivity index (χ4n) is 6.20. The number of aromatic carboxylic acids is 4. The van der Waals surface area contributed by atoms with E-state index in [2.05, 4.69) is 19.9 Å². The molecule has 1 radical (unpaired) electrons. The normalized spacial score (nSPS) is 11.5. The molecule has 2 aliphatic rings. The number of carbonyl (C=O) groups is 4. The van der Waals surface area contributed by atoms with Gasteiger partial charge in [0.2, 0.25) is 0 Å². The quantitative estimate of drug-likeness (QED) is 0.183. The summed E-state index contributed by atoms with van der Waals surface area (Å²) in [6.45, 7) is 0. The van der Waals surface area contributed by atoms with Gasteiger partial charge >= 0.3 is 63.8 Å². The molecule has 5 heterocycles. The first-order valence-corrected chi connectivity index (χ1v) is 15.2. The summed E-state index contributed by atoms with van der Waals surface area (Å²) in [5, 5.41) is 40.5. The molecule has 255 valence electrons. The van der Waals surface area contributed by atoms with Crippen LogP contribution in [0.25, 0.3) is 89.7 Å². The van der Waals surface area contributed by atoms with Gasteiger partial charge in [-0.1, -0.05) is 24.3 Å². The van der Waals surface area contributed by atoms with E-state index in [0.717, 1.165) is 0 Å². The molecule has 0 unspecified atom stereocenters.